The van der Waals surface area contributed by atoms with Gasteiger partial charge in [-0.3, -0.25) is 29.1 Å². The van der Waals surface area contributed by atoms with Gasteiger partial charge in [-0.15, -0.1) is 12.4 Å². The van der Waals surface area contributed by atoms with Crippen LogP contribution in [-0.4, -0.2) is 63.8 Å². The lowest BCUT2D eigenvalue weighted by Gasteiger charge is -2.23. The van der Waals surface area contributed by atoms with Crippen molar-refractivity contribution < 1.29 is 40.7 Å². The van der Waals surface area contributed by atoms with E-state index in [1.807, 2.05) is 4.57 Å². The Kier molecular flexibility index (Phi) is 15.6. The van der Waals surface area contributed by atoms with Crippen molar-refractivity contribution in [2.75, 3.05) is 6.61 Å². The summed E-state index contributed by atoms with van der Waals surface area (Å²) in [4.78, 5) is 60.0. The molecular weight excluding hydrogens is 954 g/mol. The number of rotatable bonds is 13. The quantitative estimate of drug-likeness (QED) is 0.0790. The maximum Gasteiger partial charge on any atom is 0.202 e. The lowest BCUT2D eigenvalue weighted by Crippen LogP contribution is -2.17. The summed E-state index contributed by atoms with van der Waals surface area (Å²) in [5.41, 5.74) is 5.59. The maximum absolute atomic E-state index is 15.5. The first-order chi connectivity index (χ1) is 34.2. The summed E-state index contributed by atoms with van der Waals surface area (Å²) in [6, 6.07) is 18.1. The Morgan fingerprint density at radius 3 is 1.81 bits per heavy atom. The largest absolute Gasteiger partial charge is 0.461 e. The zero-order valence-corrected chi connectivity index (χ0v) is 38.3. The Bertz CT molecular complexity index is 3420. The van der Waals surface area contributed by atoms with Gasteiger partial charge in [-0.05, 0) is 91.1 Å². The van der Waals surface area contributed by atoms with Gasteiger partial charge in [-0.2, -0.15) is 0 Å². The average Bonchev–Trinajstić information content (AvgIpc) is 4.25. The molecule has 366 valence electrons. The van der Waals surface area contributed by atoms with Crippen LogP contribution in [0.2, 0.25) is 0 Å². The number of imidazole rings is 1. The van der Waals surface area contributed by atoms with Gasteiger partial charge in [0.2, 0.25) is 11.6 Å². The van der Waals surface area contributed by atoms with Crippen LogP contribution in [0.25, 0.3) is 33.7 Å². The van der Waals surface area contributed by atoms with Crippen LogP contribution in [0.3, 0.4) is 0 Å². The van der Waals surface area contributed by atoms with Crippen LogP contribution in [0.1, 0.15) is 93.4 Å². The molecule has 0 amide bonds. The molecule has 1 saturated heterocycles. The highest BCUT2D eigenvalue weighted by molar-refractivity contribution is 5.95. The van der Waals surface area contributed by atoms with E-state index < -0.39 is 29.1 Å². The fourth-order valence-electron chi connectivity index (χ4n) is 8.53. The summed E-state index contributed by atoms with van der Waals surface area (Å²) in [6.07, 6.45) is 14.8. The minimum absolute atomic E-state index is 0. The number of aliphatic imine (C=N–C) groups is 1. The molecule has 9 aromatic rings. The number of furan rings is 2. The van der Waals surface area contributed by atoms with Crippen LogP contribution >= 0.6 is 12.4 Å². The van der Waals surface area contributed by atoms with Crippen molar-refractivity contribution in [2.24, 2.45) is 4.99 Å². The van der Waals surface area contributed by atoms with Crippen LogP contribution in [0, 0.1) is 23.3 Å². The lowest BCUT2D eigenvalue weighted by atomic mass is 9.97. The number of ketones is 2. The third-order valence-corrected chi connectivity index (χ3v) is 12.0. The van der Waals surface area contributed by atoms with Crippen molar-refractivity contribution in [1.29, 1.82) is 0 Å². The molecule has 72 heavy (non-hydrogen) atoms. The van der Waals surface area contributed by atoms with Gasteiger partial charge >= 0.3 is 0 Å². The Labute approximate surface area is 415 Å². The molecule has 2 aromatic carbocycles. The zero-order valence-electron chi connectivity index (χ0n) is 37.5. The molecule has 2 aliphatic heterocycles. The number of nitrogens with zero attached hydrogens (tertiary/aromatic N) is 9. The zero-order chi connectivity index (χ0) is 48.1. The summed E-state index contributed by atoms with van der Waals surface area (Å²) >= 11 is 0. The van der Waals surface area contributed by atoms with E-state index in [0.717, 1.165) is 25.0 Å². The van der Waals surface area contributed by atoms with Gasteiger partial charge in [0, 0.05) is 79.6 Å². The molecule has 0 N–H and O–H groups in total. The highest BCUT2D eigenvalue weighted by atomic mass is 35.5. The molecule has 1 unspecified atom stereocenters. The fourth-order valence-corrected chi connectivity index (χ4v) is 8.53. The van der Waals surface area contributed by atoms with E-state index in [0.29, 0.717) is 63.8 Å². The number of ether oxygens (including phenoxy) is 1. The Hall–Kier alpha value is -8.09. The fraction of sp³-hybridized carbons (Fsp3) is 0.208. The third-order valence-electron chi connectivity index (χ3n) is 12.0. The molecule has 9 heterocycles. The first kappa shape index (κ1) is 50.3. The predicted octanol–water partition coefficient (Wildman–Crippen LogP) is 11.2. The standard InChI is InChI=1S/C28H23F2N5O3.C24H16F2N4O2.CH4.ClH/c29-20-9-8-17(13-22(36)23-6-4-12-37-23)25(30)19(20)14-21-18(5-3-10-31-21)26-27-28(33-15-32-26)35(16-34-27)24-7-1-2-11-38-24;25-17-6-5-14(11-20(31)21-4-2-10-32-21)22(26)16(17)12-19-15(3-1-8-27-19)23-24-18(7-9-28-24)29-13-30-23;;/h3-6,8-10,12,15-16,24H,1-2,7,11,13-14H2;1-6,8-10,13H,7,11-12H2;1H4;1H. The van der Waals surface area contributed by atoms with Gasteiger partial charge in [0.1, 0.15) is 64.7 Å². The van der Waals surface area contributed by atoms with E-state index in [2.05, 4.69) is 39.9 Å². The number of benzene rings is 2. The highest BCUT2D eigenvalue weighted by Crippen LogP contribution is 2.36. The SMILES string of the molecule is C.Cl.O=C(Cc1ccc(F)c(Cc2ncccc2-c2ncnc3c2N=CC3)c1F)c1ccco1.O=C(Cc1ccc(F)c(Cc2ncccc2-c2ncnc3c2ncn3C2CCCCO2)c1F)c1ccco1. The molecule has 11 rings (SSSR count). The normalized spacial score (nSPS) is 13.7. The molecule has 14 nitrogen and oxygen atoms in total. The molecule has 1 atom stereocenters. The van der Waals surface area contributed by atoms with Gasteiger partial charge in [0.25, 0.3) is 0 Å². The second-order valence-corrected chi connectivity index (χ2v) is 16.4. The summed E-state index contributed by atoms with van der Waals surface area (Å²) < 4.78 is 78.3. The van der Waals surface area contributed by atoms with Crippen molar-refractivity contribution >= 4 is 47.0 Å². The lowest BCUT2D eigenvalue weighted by molar-refractivity contribution is -0.0298. The number of carbonyl (C=O) groups excluding carboxylic acids is 2. The Morgan fingerprint density at radius 2 is 1.24 bits per heavy atom. The average molecular weight is 998 g/mol. The van der Waals surface area contributed by atoms with Crippen LogP contribution in [-0.2, 0) is 36.8 Å². The van der Waals surface area contributed by atoms with Gasteiger partial charge in [-0.25, -0.2) is 42.5 Å². The number of carbonyl (C=O) groups is 2. The van der Waals surface area contributed by atoms with Crippen LogP contribution in [0.15, 0.2) is 131 Å². The summed E-state index contributed by atoms with van der Waals surface area (Å²) in [5, 5.41) is 0. The maximum atomic E-state index is 15.5. The van der Waals surface area contributed by atoms with E-state index in [9.17, 15) is 18.4 Å². The molecule has 7 aromatic heterocycles. The summed E-state index contributed by atoms with van der Waals surface area (Å²) in [5.74, 6) is -3.53. The van der Waals surface area contributed by atoms with Crippen molar-refractivity contribution in [3.05, 3.63) is 191 Å². The topological polar surface area (TPSA) is 177 Å². The number of pyridine rings is 2. The molecule has 0 bridgehead atoms. The molecule has 0 spiro atoms. The van der Waals surface area contributed by atoms with Crippen LogP contribution in [0.5, 0.6) is 0 Å². The number of halogens is 5. The number of hydrogen-bond donors (Lipinski definition) is 0. The molecule has 1 fully saturated rings. The van der Waals surface area contributed by atoms with E-state index in [-0.39, 0.29) is 91.3 Å². The smallest absolute Gasteiger partial charge is 0.202 e. The molecule has 0 saturated carbocycles. The number of fused-ring (bicyclic) bond motifs is 2. The monoisotopic (exact) mass is 997 g/mol. The Morgan fingerprint density at radius 1 is 0.653 bits per heavy atom. The predicted molar refractivity (Wildman–Crippen MR) is 260 cm³/mol. The van der Waals surface area contributed by atoms with E-state index in [4.69, 9.17) is 13.6 Å². The minimum atomic E-state index is -0.784. The van der Waals surface area contributed by atoms with Gasteiger partial charge in [0.05, 0.1) is 35.9 Å². The molecule has 2 aliphatic rings. The molecule has 19 heteroatoms. The first-order valence-corrected chi connectivity index (χ1v) is 22.3. The van der Waals surface area contributed by atoms with Crippen molar-refractivity contribution in [3.63, 3.8) is 0 Å². The van der Waals surface area contributed by atoms with Crippen molar-refractivity contribution in [3.8, 4) is 22.5 Å². The van der Waals surface area contributed by atoms with Crippen molar-refractivity contribution in [1.82, 2.24) is 39.5 Å². The van der Waals surface area contributed by atoms with Crippen molar-refractivity contribution in [2.45, 2.75) is 65.0 Å². The number of hydrogen-bond acceptors (Lipinski definition) is 13. The highest BCUT2D eigenvalue weighted by Gasteiger charge is 2.26. The second kappa shape index (κ2) is 22.3. The van der Waals surface area contributed by atoms with E-state index >= 15 is 8.78 Å². The van der Waals surface area contributed by atoms with Crippen LogP contribution in [0.4, 0.5) is 23.2 Å². The molecule has 0 radical (unpaired) electrons. The summed E-state index contributed by atoms with van der Waals surface area (Å²) in [7, 11) is 0. The first-order valence-electron chi connectivity index (χ1n) is 22.3. The third kappa shape index (κ3) is 10.4. The number of aromatic nitrogens is 8. The summed E-state index contributed by atoms with van der Waals surface area (Å²) in [6.45, 7) is 0.679. The Balaban J connectivity index is 0.000000190. The van der Waals surface area contributed by atoms with Gasteiger partial charge in [-0.1, -0.05) is 19.6 Å². The van der Waals surface area contributed by atoms with Gasteiger partial charge in [0.15, 0.2) is 17.2 Å². The minimum Gasteiger partial charge on any atom is -0.461 e. The molecular formula is C53H44ClF4N9O5. The van der Waals surface area contributed by atoms with Gasteiger partial charge < -0.3 is 13.6 Å². The molecule has 0 aliphatic carbocycles. The van der Waals surface area contributed by atoms with E-state index in [1.54, 1.807) is 61.3 Å². The number of Topliss-reactive ketones (excluding diaryl/α,β-unsaturated/α-hetero) is 2. The van der Waals surface area contributed by atoms with Crippen LogP contribution < -0.4 is 0 Å². The van der Waals surface area contributed by atoms with E-state index in [1.165, 1.54) is 61.6 Å². The second-order valence-electron chi connectivity index (χ2n) is 16.4.